The molecule has 1 saturated carbocycles. The number of fused-ring (bicyclic) bond motifs is 1. The number of carbonyl (C=O) groups excluding carboxylic acids is 1. The van der Waals surface area contributed by atoms with Crippen molar-refractivity contribution in [2.45, 2.75) is 32.1 Å². The van der Waals surface area contributed by atoms with Gasteiger partial charge >= 0.3 is 0 Å². The van der Waals surface area contributed by atoms with Gasteiger partial charge < -0.3 is 10.1 Å². The number of carbonyl (C=O) groups is 1. The number of hydrogen-bond donors (Lipinski definition) is 1. The molecule has 0 atom stereocenters. The molecule has 5 rings (SSSR count). The van der Waals surface area contributed by atoms with E-state index >= 15 is 0 Å². The van der Waals surface area contributed by atoms with Gasteiger partial charge in [0.2, 0.25) is 4.80 Å². The van der Waals surface area contributed by atoms with Crippen molar-refractivity contribution in [3.63, 3.8) is 0 Å². The van der Waals surface area contributed by atoms with E-state index in [0.717, 1.165) is 34.6 Å². The van der Waals surface area contributed by atoms with E-state index in [-0.39, 0.29) is 12.5 Å². The van der Waals surface area contributed by atoms with E-state index in [1.807, 2.05) is 53.2 Å². The number of hydrogen-bond acceptors (Lipinski definition) is 5. The van der Waals surface area contributed by atoms with Crippen LogP contribution in [-0.4, -0.2) is 22.9 Å². The maximum atomic E-state index is 11.7. The molecule has 3 aromatic rings. The Balaban J connectivity index is 1.63. The van der Waals surface area contributed by atoms with Crippen LogP contribution in [0.15, 0.2) is 64.0 Å². The zero-order valence-corrected chi connectivity index (χ0v) is 17.3. The first-order valence-corrected chi connectivity index (χ1v) is 11.1. The van der Waals surface area contributed by atoms with E-state index in [9.17, 15) is 4.79 Å². The minimum absolute atomic E-state index is 0.0541. The molecule has 0 radical (unpaired) electrons. The molecule has 1 N–H and O–H groups in total. The molecule has 2 aromatic carbocycles. The largest absolute Gasteiger partial charge is 0.482 e. The highest BCUT2D eigenvalue weighted by molar-refractivity contribution is 7.07. The van der Waals surface area contributed by atoms with Gasteiger partial charge in [-0.3, -0.25) is 4.79 Å². The lowest BCUT2D eigenvalue weighted by molar-refractivity contribution is -0.118. The Morgan fingerprint density at radius 2 is 1.87 bits per heavy atom. The summed E-state index contributed by atoms with van der Waals surface area (Å²) < 4.78 is 7.45. The minimum Gasteiger partial charge on any atom is -0.482 e. The van der Waals surface area contributed by atoms with Crippen molar-refractivity contribution in [1.82, 2.24) is 4.68 Å². The Bertz CT molecular complexity index is 1170. The zero-order chi connectivity index (χ0) is 20.3. The summed E-state index contributed by atoms with van der Waals surface area (Å²) >= 11 is 1.56. The normalized spacial score (nSPS) is 16.6. The van der Waals surface area contributed by atoms with Crippen molar-refractivity contribution in [3.8, 4) is 17.0 Å². The molecule has 2 heterocycles. The summed E-state index contributed by atoms with van der Waals surface area (Å²) in [7, 11) is 0. The summed E-state index contributed by atoms with van der Waals surface area (Å²) in [6.45, 7) is 0.0541. The fourth-order valence-electron chi connectivity index (χ4n) is 3.73. The second-order valence-electron chi connectivity index (χ2n) is 7.44. The van der Waals surface area contributed by atoms with Gasteiger partial charge in [-0.15, -0.1) is 11.3 Å². The first-order valence-electron chi connectivity index (χ1n) is 10.2. The molecule has 30 heavy (non-hydrogen) atoms. The lowest BCUT2D eigenvalue weighted by Crippen LogP contribution is -2.25. The second-order valence-corrected chi connectivity index (χ2v) is 8.27. The maximum absolute atomic E-state index is 11.7. The highest BCUT2D eigenvalue weighted by Crippen LogP contribution is 2.33. The molecule has 2 aliphatic rings. The van der Waals surface area contributed by atoms with Gasteiger partial charge in [0.1, 0.15) is 5.75 Å². The van der Waals surface area contributed by atoms with Crippen LogP contribution in [0.2, 0.25) is 0 Å². The second kappa shape index (κ2) is 8.28. The number of benzene rings is 2. The zero-order valence-electron chi connectivity index (χ0n) is 16.5. The van der Waals surface area contributed by atoms with Gasteiger partial charge in [-0.2, -0.15) is 5.10 Å². The summed E-state index contributed by atoms with van der Waals surface area (Å²) in [6, 6.07) is 15.8. The number of anilines is 1. The topological polar surface area (TPSA) is 68.0 Å². The predicted molar refractivity (Wildman–Crippen MR) is 119 cm³/mol. The summed E-state index contributed by atoms with van der Waals surface area (Å²) in [5.74, 6) is 0.549. The molecule has 152 valence electrons. The lowest BCUT2D eigenvalue weighted by atomic mass is 9.99. The number of aromatic nitrogens is 1. The highest BCUT2D eigenvalue weighted by Gasteiger charge is 2.18. The number of nitrogens with one attached hydrogen (secondary N) is 1. The van der Waals surface area contributed by atoms with Crippen LogP contribution in [0.1, 0.15) is 32.1 Å². The summed E-state index contributed by atoms with van der Waals surface area (Å²) in [6.07, 6.45) is 5.70. The summed E-state index contributed by atoms with van der Waals surface area (Å²) in [4.78, 5) is 17.4. The Morgan fingerprint density at radius 3 is 2.70 bits per heavy atom. The summed E-state index contributed by atoms with van der Waals surface area (Å²) in [5.41, 5.74) is 4.72. The number of rotatable bonds is 3. The Kier molecular flexibility index (Phi) is 5.19. The minimum atomic E-state index is -0.139. The van der Waals surface area contributed by atoms with Crippen LogP contribution >= 0.6 is 11.3 Å². The molecule has 6 nitrogen and oxygen atoms in total. The molecule has 1 aliphatic carbocycles. The van der Waals surface area contributed by atoms with E-state index in [0.29, 0.717) is 11.4 Å². The molecule has 1 fully saturated rings. The third-order valence-corrected chi connectivity index (χ3v) is 6.06. The van der Waals surface area contributed by atoms with Crippen LogP contribution in [0, 0.1) is 0 Å². The van der Waals surface area contributed by atoms with Crippen LogP contribution in [0.25, 0.3) is 11.3 Å². The van der Waals surface area contributed by atoms with E-state index in [1.165, 1.54) is 25.0 Å². The van der Waals surface area contributed by atoms with Crippen LogP contribution in [0.3, 0.4) is 0 Å². The Hall–Kier alpha value is -3.19. The molecule has 0 spiro atoms. The van der Waals surface area contributed by atoms with Gasteiger partial charge in [0, 0.05) is 16.7 Å². The first kappa shape index (κ1) is 18.8. The first-order chi connectivity index (χ1) is 14.8. The van der Waals surface area contributed by atoms with Crippen LogP contribution in [-0.2, 0) is 4.79 Å². The molecule has 0 bridgehead atoms. The van der Waals surface area contributed by atoms with E-state index < -0.39 is 0 Å². The number of para-hydroxylation sites is 1. The quantitative estimate of drug-likeness (QED) is 0.654. The van der Waals surface area contributed by atoms with Crippen molar-refractivity contribution in [2.75, 3.05) is 11.9 Å². The van der Waals surface area contributed by atoms with Gasteiger partial charge in [0.05, 0.1) is 17.1 Å². The Labute approximate surface area is 178 Å². The third kappa shape index (κ3) is 3.93. The van der Waals surface area contributed by atoms with Crippen LogP contribution in [0.5, 0.6) is 5.75 Å². The van der Waals surface area contributed by atoms with Gasteiger partial charge in [0.15, 0.2) is 6.61 Å². The standard InChI is InChI=1S/C23H22N4O2S/c28-22-14-29-21-12-11-16(13-19(21)25-22)20-15-30-23(24-17-7-3-1-4-8-17)27(20)26-18-9-5-2-6-10-18/h1,3-4,7-8,11-13,15H,2,5-6,9-10,14H2,(H,25,28). The molecular formula is C23H22N4O2S. The number of amides is 1. The van der Waals surface area contributed by atoms with Crippen molar-refractivity contribution < 1.29 is 9.53 Å². The van der Waals surface area contributed by atoms with Gasteiger partial charge in [-0.1, -0.05) is 24.6 Å². The summed E-state index contributed by atoms with van der Waals surface area (Å²) in [5, 5.41) is 9.97. The average molecular weight is 419 g/mol. The lowest BCUT2D eigenvalue weighted by Gasteiger charge is -2.18. The smallest absolute Gasteiger partial charge is 0.262 e. The van der Waals surface area contributed by atoms with Gasteiger partial charge in [-0.05, 0) is 56.0 Å². The van der Waals surface area contributed by atoms with Gasteiger partial charge in [0.25, 0.3) is 5.91 Å². The average Bonchev–Trinajstić information content (AvgIpc) is 3.16. The van der Waals surface area contributed by atoms with Crippen LogP contribution in [0.4, 0.5) is 11.4 Å². The third-order valence-electron chi connectivity index (χ3n) is 5.25. The molecule has 1 amide bonds. The molecule has 0 saturated heterocycles. The SMILES string of the molecule is O=C1COc2ccc(-c3csc(=Nc4ccccc4)n3N=C3CCCCC3)cc2N1. The monoisotopic (exact) mass is 418 g/mol. The fraction of sp³-hybridized carbons (Fsp3) is 0.261. The Morgan fingerprint density at radius 1 is 1.03 bits per heavy atom. The van der Waals surface area contributed by atoms with Crippen molar-refractivity contribution >= 4 is 34.3 Å². The fourth-order valence-corrected chi connectivity index (χ4v) is 4.58. The van der Waals surface area contributed by atoms with E-state index in [4.69, 9.17) is 14.8 Å². The molecular weight excluding hydrogens is 396 g/mol. The molecule has 1 aliphatic heterocycles. The van der Waals surface area contributed by atoms with E-state index in [2.05, 4.69) is 10.7 Å². The number of nitrogens with zero attached hydrogens (tertiary/aromatic N) is 3. The molecule has 0 unspecified atom stereocenters. The van der Waals surface area contributed by atoms with Gasteiger partial charge in [-0.25, -0.2) is 9.67 Å². The molecule has 1 aromatic heterocycles. The molecule has 7 heteroatoms. The predicted octanol–water partition coefficient (Wildman–Crippen LogP) is 4.95. The maximum Gasteiger partial charge on any atom is 0.262 e. The number of thiazole rings is 1. The van der Waals surface area contributed by atoms with Crippen molar-refractivity contribution in [1.29, 1.82) is 0 Å². The number of ether oxygens (including phenoxy) is 1. The highest BCUT2D eigenvalue weighted by atomic mass is 32.1. The van der Waals surface area contributed by atoms with E-state index in [1.54, 1.807) is 11.3 Å². The van der Waals surface area contributed by atoms with Crippen molar-refractivity contribution in [3.05, 3.63) is 58.7 Å². The van der Waals surface area contributed by atoms with Crippen molar-refractivity contribution in [2.24, 2.45) is 10.1 Å². The van der Waals surface area contributed by atoms with Crippen LogP contribution < -0.4 is 14.9 Å².